The number of azide groups is 1. The van der Waals surface area contributed by atoms with Crippen molar-refractivity contribution in [3.05, 3.63) is 46.3 Å². The molecule has 0 bridgehead atoms. The van der Waals surface area contributed by atoms with Crippen LogP contribution in [0.2, 0.25) is 0 Å². The second-order valence-corrected chi connectivity index (χ2v) is 5.83. The lowest BCUT2D eigenvalue weighted by Crippen LogP contribution is -2.27. The molecule has 0 atom stereocenters. The zero-order valence-corrected chi connectivity index (χ0v) is 16.5. The first kappa shape index (κ1) is 24.4. The van der Waals surface area contributed by atoms with Gasteiger partial charge >= 0.3 is 5.97 Å². The van der Waals surface area contributed by atoms with E-state index in [2.05, 4.69) is 15.3 Å². The van der Waals surface area contributed by atoms with E-state index in [9.17, 15) is 9.59 Å². The molecular weight excluding hydrogens is 380 g/mol. The fourth-order valence-electron chi connectivity index (χ4n) is 2.09. The van der Waals surface area contributed by atoms with Crippen molar-refractivity contribution in [3.8, 4) is 0 Å². The van der Waals surface area contributed by atoms with Crippen LogP contribution >= 0.6 is 0 Å². The zero-order chi connectivity index (χ0) is 21.0. The van der Waals surface area contributed by atoms with Gasteiger partial charge in [0.05, 0.1) is 33.0 Å². The van der Waals surface area contributed by atoms with Crippen LogP contribution in [0.1, 0.15) is 24.8 Å². The highest BCUT2D eigenvalue weighted by molar-refractivity contribution is 5.76. The number of amides is 1. The van der Waals surface area contributed by atoms with Crippen LogP contribution in [0.3, 0.4) is 0 Å². The van der Waals surface area contributed by atoms with Crippen LogP contribution in [0.5, 0.6) is 0 Å². The van der Waals surface area contributed by atoms with Crippen LogP contribution in [-0.2, 0) is 35.1 Å². The molecule has 1 rings (SSSR count). The highest BCUT2D eigenvalue weighted by Crippen LogP contribution is 2.04. The summed E-state index contributed by atoms with van der Waals surface area (Å²) in [6.07, 6.45) is 0.843. The monoisotopic (exact) mass is 408 g/mol. The summed E-state index contributed by atoms with van der Waals surface area (Å²) in [7, 11) is 0. The van der Waals surface area contributed by atoms with Crippen molar-refractivity contribution in [2.75, 3.05) is 46.3 Å². The number of benzene rings is 1. The Bertz CT molecular complexity index is 622. The lowest BCUT2D eigenvalue weighted by Gasteiger charge is -2.08. The molecule has 0 spiro atoms. The first-order chi connectivity index (χ1) is 14.2. The Hall–Kier alpha value is -2.65. The summed E-state index contributed by atoms with van der Waals surface area (Å²) in [5, 5.41) is 5.95. The zero-order valence-electron chi connectivity index (χ0n) is 16.5. The maximum Gasteiger partial charge on any atom is 0.306 e. The predicted octanol–water partition coefficient (Wildman–Crippen LogP) is 2.33. The molecular formula is C19H28N4O6. The van der Waals surface area contributed by atoms with Crippen LogP contribution in [-0.4, -0.2) is 58.2 Å². The molecule has 0 unspecified atom stereocenters. The highest BCUT2D eigenvalue weighted by Gasteiger charge is 2.06. The van der Waals surface area contributed by atoms with Crippen molar-refractivity contribution in [3.63, 3.8) is 0 Å². The van der Waals surface area contributed by atoms with Gasteiger partial charge in [0.15, 0.2) is 0 Å². The number of esters is 1. The molecule has 0 aliphatic carbocycles. The third-order valence-corrected chi connectivity index (χ3v) is 3.54. The van der Waals surface area contributed by atoms with Crippen LogP contribution in [0.4, 0.5) is 0 Å². The van der Waals surface area contributed by atoms with E-state index in [1.54, 1.807) is 0 Å². The molecule has 1 amide bonds. The molecule has 0 saturated carbocycles. The van der Waals surface area contributed by atoms with Crippen molar-refractivity contribution in [2.24, 2.45) is 5.11 Å². The Balaban J connectivity index is 1.86. The molecule has 1 aromatic carbocycles. The van der Waals surface area contributed by atoms with Gasteiger partial charge in [0, 0.05) is 24.3 Å². The van der Waals surface area contributed by atoms with Gasteiger partial charge in [-0.2, -0.15) is 0 Å². The number of carbonyl (C=O) groups excluding carboxylic acids is 2. The fraction of sp³-hybridized carbons (Fsp3) is 0.579. The van der Waals surface area contributed by atoms with Crippen LogP contribution < -0.4 is 5.32 Å². The maximum absolute atomic E-state index is 11.7. The van der Waals surface area contributed by atoms with Gasteiger partial charge in [-0.3, -0.25) is 9.59 Å². The Labute approximate surface area is 170 Å². The summed E-state index contributed by atoms with van der Waals surface area (Å²) in [5.74, 6) is -0.507. The summed E-state index contributed by atoms with van der Waals surface area (Å²) in [6, 6.07) is 9.43. The number of carbonyl (C=O) groups is 2. The molecule has 1 aromatic rings. The summed E-state index contributed by atoms with van der Waals surface area (Å²) < 4.78 is 20.8. The molecule has 10 nitrogen and oxygen atoms in total. The van der Waals surface area contributed by atoms with Gasteiger partial charge in [0.2, 0.25) is 5.91 Å². The van der Waals surface area contributed by atoms with E-state index in [-0.39, 0.29) is 38.1 Å². The molecule has 0 radical (unpaired) electrons. The normalized spacial score (nSPS) is 10.2. The molecule has 29 heavy (non-hydrogen) atoms. The number of nitrogens with zero attached hydrogens (tertiary/aromatic N) is 3. The van der Waals surface area contributed by atoms with Crippen molar-refractivity contribution in [2.45, 2.75) is 25.9 Å². The minimum Gasteiger partial charge on any atom is -0.461 e. The van der Waals surface area contributed by atoms with Crippen molar-refractivity contribution >= 4 is 11.9 Å². The molecule has 0 aliphatic heterocycles. The molecule has 10 heteroatoms. The van der Waals surface area contributed by atoms with Crippen molar-refractivity contribution < 1.29 is 28.5 Å². The number of hydrogen-bond donors (Lipinski definition) is 1. The van der Waals surface area contributed by atoms with E-state index >= 15 is 0 Å². The lowest BCUT2D eigenvalue weighted by atomic mass is 10.2. The van der Waals surface area contributed by atoms with Crippen LogP contribution in [0.15, 0.2) is 35.4 Å². The number of hydrogen-bond acceptors (Lipinski definition) is 7. The van der Waals surface area contributed by atoms with Gasteiger partial charge in [-0.15, -0.1) is 0 Å². The van der Waals surface area contributed by atoms with Crippen LogP contribution in [0.25, 0.3) is 10.4 Å². The maximum atomic E-state index is 11.7. The minimum absolute atomic E-state index is 0.0866. The summed E-state index contributed by atoms with van der Waals surface area (Å²) >= 11 is 0. The SMILES string of the molecule is [N-]=[N+]=NCCOCCOCCOCNC(=O)CCCC(=O)OCc1ccccc1. The van der Waals surface area contributed by atoms with Gasteiger partial charge < -0.3 is 24.3 Å². The molecule has 0 aliphatic rings. The molecule has 0 heterocycles. The van der Waals surface area contributed by atoms with Gasteiger partial charge in [-0.25, -0.2) is 0 Å². The molecule has 0 aromatic heterocycles. The largest absolute Gasteiger partial charge is 0.461 e. The third-order valence-electron chi connectivity index (χ3n) is 3.54. The summed E-state index contributed by atoms with van der Waals surface area (Å²) in [6.45, 7) is 2.52. The Kier molecular flexibility index (Phi) is 14.7. The van der Waals surface area contributed by atoms with Crippen molar-refractivity contribution in [1.82, 2.24) is 5.32 Å². The molecule has 160 valence electrons. The van der Waals surface area contributed by atoms with Gasteiger partial charge in [0.25, 0.3) is 0 Å². The summed E-state index contributed by atoms with van der Waals surface area (Å²) in [4.78, 5) is 25.9. The number of ether oxygens (including phenoxy) is 4. The van der Waals surface area contributed by atoms with E-state index in [1.807, 2.05) is 30.3 Å². The standard InChI is InChI=1S/C19H28N4O6/c20-23-22-9-10-26-11-12-27-13-14-28-16-21-18(24)7-4-8-19(25)29-15-17-5-2-1-3-6-17/h1-3,5-6H,4,7-16H2,(H,21,24). The highest BCUT2D eigenvalue weighted by atomic mass is 16.5. The van der Waals surface area contributed by atoms with Gasteiger partial charge in [-0.1, -0.05) is 35.4 Å². The van der Waals surface area contributed by atoms with E-state index in [4.69, 9.17) is 24.5 Å². The number of rotatable bonds is 17. The Morgan fingerprint density at radius 3 is 2.38 bits per heavy atom. The summed E-state index contributed by atoms with van der Waals surface area (Å²) in [5.41, 5.74) is 9.01. The van der Waals surface area contributed by atoms with Gasteiger partial charge in [0.1, 0.15) is 13.3 Å². The van der Waals surface area contributed by atoms with E-state index in [1.165, 1.54) is 0 Å². The Morgan fingerprint density at radius 2 is 1.66 bits per heavy atom. The first-order valence-electron chi connectivity index (χ1n) is 9.42. The average Bonchev–Trinajstić information content (AvgIpc) is 2.74. The van der Waals surface area contributed by atoms with Gasteiger partial charge in [-0.05, 0) is 17.5 Å². The average molecular weight is 408 g/mol. The Morgan fingerprint density at radius 1 is 0.966 bits per heavy atom. The smallest absolute Gasteiger partial charge is 0.306 e. The van der Waals surface area contributed by atoms with Crippen molar-refractivity contribution in [1.29, 1.82) is 0 Å². The molecule has 0 fully saturated rings. The van der Waals surface area contributed by atoms with Crippen LogP contribution in [0, 0.1) is 0 Å². The van der Waals surface area contributed by atoms with E-state index in [0.717, 1.165) is 5.56 Å². The number of nitrogens with one attached hydrogen (secondary N) is 1. The first-order valence-corrected chi connectivity index (χ1v) is 9.42. The topological polar surface area (TPSA) is 132 Å². The van der Waals surface area contributed by atoms with E-state index < -0.39 is 0 Å². The predicted molar refractivity (Wildman–Crippen MR) is 105 cm³/mol. The quantitative estimate of drug-likeness (QED) is 0.105. The fourth-order valence-corrected chi connectivity index (χ4v) is 2.09. The molecule has 0 saturated heterocycles. The second kappa shape index (κ2) is 17.4. The second-order valence-electron chi connectivity index (χ2n) is 5.83. The third kappa shape index (κ3) is 15.0. The molecule has 1 N–H and O–H groups in total. The van der Waals surface area contributed by atoms with E-state index in [0.29, 0.717) is 46.0 Å². The lowest BCUT2D eigenvalue weighted by molar-refractivity contribution is -0.145. The minimum atomic E-state index is -0.322.